The van der Waals surface area contributed by atoms with Gasteiger partial charge in [-0.25, -0.2) is 0 Å². The van der Waals surface area contributed by atoms with Gasteiger partial charge >= 0.3 is 0 Å². The molecule has 2 heterocycles. The van der Waals surface area contributed by atoms with Crippen LogP contribution in [-0.4, -0.2) is 65.3 Å². The second kappa shape index (κ2) is 7.78. The maximum absolute atomic E-state index is 12.9. The predicted molar refractivity (Wildman–Crippen MR) is 100 cm³/mol. The normalized spacial score (nSPS) is 25.2. The molecule has 3 aliphatic rings. The zero-order chi connectivity index (χ0) is 17.9. The van der Waals surface area contributed by atoms with E-state index in [0.717, 1.165) is 45.6 Å². The number of likely N-dealkylation sites (tertiary alicyclic amines) is 1. The SMILES string of the molecule is O=C([C@H]1CC(=O)N(C2CCCC2)C1)N1CCN(Cc2ccccc2)CC1. The third-order valence-corrected chi connectivity index (χ3v) is 6.21. The van der Waals surface area contributed by atoms with E-state index >= 15 is 0 Å². The van der Waals surface area contributed by atoms with Crippen LogP contribution in [0.15, 0.2) is 30.3 Å². The molecule has 1 atom stereocenters. The molecule has 1 saturated carbocycles. The molecule has 0 radical (unpaired) electrons. The molecule has 0 aromatic heterocycles. The Kier molecular flexibility index (Phi) is 5.25. The minimum atomic E-state index is -0.122. The lowest BCUT2D eigenvalue weighted by Gasteiger charge is -2.36. The monoisotopic (exact) mass is 355 g/mol. The molecule has 0 spiro atoms. The lowest BCUT2D eigenvalue weighted by molar-refractivity contribution is -0.137. The van der Waals surface area contributed by atoms with E-state index < -0.39 is 0 Å². The van der Waals surface area contributed by atoms with Crippen molar-refractivity contribution < 1.29 is 9.59 Å². The topological polar surface area (TPSA) is 43.9 Å². The fourth-order valence-electron chi connectivity index (χ4n) is 4.69. The average Bonchev–Trinajstić information content (AvgIpc) is 3.32. The third-order valence-electron chi connectivity index (χ3n) is 6.21. The fraction of sp³-hybridized carbons (Fsp3) is 0.619. The maximum atomic E-state index is 12.9. The summed E-state index contributed by atoms with van der Waals surface area (Å²) in [6, 6.07) is 10.9. The highest BCUT2D eigenvalue weighted by Gasteiger charge is 2.40. The van der Waals surface area contributed by atoms with Gasteiger partial charge in [-0.1, -0.05) is 43.2 Å². The maximum Gasteiger partial charge on any atom is 0.228 e. The molecule has 140 valence electrons. The van der Waals surface area contributed by atoms with Crippen LogP contribution in [0.25, 0.3) is 0 Å². The van der Waals surface area contributed by atoms with Gasteiger partial charge in [0.25, 0.3) is 0 Å². The zero-order valence-electron chi connectivity index (χ0n) is 15.5. The molecular formula is C21H29N3O2. The molecule has 2 aliphatic heterocycles. The van der Waals surface area contributed by atoms with Crippen molar-refractivity contribution in [1.29, 1.82) is 0 Å². The van der Waals surface area contributed by atoms with Crippen LogP contribution < -0.4 is 0 Å². The van der Waals surface area contributed by atoms with Crippen LogP contribution in [0.5, 0.6) is 0 Å². The van der Waals surface area contributed by atoms with Crippen LogP contribution >= 0.6 is 0 Å². The van der Waals surface area contributed by atoms with E-state index in [2.05, 4.69) is 29.2 Å². The highest BCUT2D eigenvalue weighted by atomic mass is 16.2. The minimum Gasteiger partial charge on any atom is -0.340 e. The standard InChI is InChI=1S/C21H29N3O2/c25-20-14-18(16-24(20)19-8-4-5-9-19)21(26)23-12-10-22(11-13-23)15-17-6-2-1-3-7-17/h1-3,6-7,18-19H,4-5,8-16H2/t18-/m0/s1. The van der Waals surface area contributed by atoms with Crippen molar-refractivity contribution in [3.63, 3.8) is 0 Å². The molecule has 2 amide bonds. The summed E-state index contributed by atoms with van der Waals surface area (Å²) in [5.74, 6) is 0.264. The second-order valence-corrected chi connectivity index (χ2v) is 7.97. The number of amides is 2. The minimum absolute atomic E-state index is 0.122. The zero-order valence-corrected chi connectivity index (χ0v) is 15.5. The first kappa shape index (κ1) is 17.5. The molecule has 3 fully saturated rings. The Labute approximate surface area is 155 Å². The van der Waals surface area contributed by atoms with Crippen molar-refractivity contribution in [3.8, 4) is 0 Å². The summed E-state index contributed by atoms with van der Waals surface area (Å²) in [5, 5.41) is 0. The molecule has 2 saturated heterocycles. The van der Waals surface area contributed by atoms with Crippen LogP contribution in [-0.2, 0) is 16.1 Å². The van der Waals surface area contributed by atoms with Crippen LogP contribution in [0.2, 0.25) is 0 Å². The van der Waals surface area contributed by atoms with Crippen molar-refractivity contribution in [2.24, 2.45) is 5.92 Å². The Balaban J connectivity index is 1.28. The Morgan fingerprint density at radius 3 is 2.38 bits per heavy atom. The highest BCUT2D eigenvalue weighted by molar-refractivity contribution is 5.89. The van der Waals surface area contributed by atoms with Crippen molar-refractivity contribution >= 4 is 11.8 Å². The molecule has 0 unspecified atom stereocenters. The van der Waals surface area contributed by atoms with Gasteiger partial charge in [0.15, 0.2) is 0 Å². The van der Waals surface area contributed by atoms with E-state index in [1.54, 1.807) is 0 Å². The van der Waals surface area contributed by atoms with E-state index in [9.17, 15) is 9.59 Å². The van der Waals surface area contributed by atoms with Crippen molar-refractivity contribution in [3.05, 3.63) is 35.9 Å². The number of carbonyl (C=O) groups excluding carboxylic acids is 2. The van der Waals surface area contributed by atoms with Gasteiger partial charge < -0.3 is 9.80 Å². The van der Waals surface area contributed by atoms with E-state index in [4.69, 9.17) is 0 Å². The summed E-state index contributed by atoms with van der Waals surface area (Å²) in [5.41, 5.74) is 1.32. The van der Waals surface area contributed by atoms with Crippen molar-refractivity contribution in [2.75, 3.05) is 32.7 Å². The molecular weight excluding hydrogens is 326 g/mol. The number of hydrogen-bond acceptors (Lipinski definition) is 3. The summed E-state index contributed by atoms with van der Waals surface area (Å²) in [7, 11) is 0. The molecule has 5 nitrogen and oxygen atoms in total. The first-order valence-electron chi connectivity index (χ1n) is 10.1. The molecule has 26 heavy (non-hydrogen) atoms. The average molecular weight is 355 g/mol. The molecule has 1 aliphatic carbocycles. The summed E-state index contributed by atoms with van der Waals surface area (Å²) in [6.45, 7) is 4.97. The number of hydrogen-bond donors (Lipinski definition) is 0. The van der Waals surface area contributed by atoms with Gasteiger partial charge in [-0.05, 0) is 18.4 Å². The highest BCUT2D eigenvalue weighted by Crippen LogP contribution is 2.30. The van der Waals surface area contributed by atoms with E-state index in [-0.39, 0.29) is 17.7 Å². The summed E-state index contributed by atoms with van der Waals surface area (Å²) in [6.07, 6.45) is 5.09. The van der Waals surface area contributed by atoms with E-state index in [1.165, 1.54) is 18.4 Å². The second-order valence-electron chi connectivity index (χ2n) is 7.97. The quantitative estimate of drug-likeness (QED) is 0.831. The Bertz CT molecular complexity index is 634. The van der Waals surface area contributed by atoms with Crippen molar-refractivity contribution in [1.82, 2.24) is 14.7 Å². The van der Waals surface area contributed by atoms with Crippen LogP contribution in [0, 0.1) is 5.92 Å². The van der Waals surface area contributed by atoms with Gasteiger partial charge in [0.2, 0.25) is 11.8 Å². The van der Waals surface area contributed by atoms with E-state index in [1.807, 2.05) is 15.9 Å². The van der Waals surface area contributed by atoms with Gasteiger partial charge in [-0.3, -0.25) is 14.5 Å². The Morgan fingerprint density at radius 2 is 1.69 bits per heavy atom. The van der Waals surface area contributed by atoms with Gasteiger partial charge in [0.05, 0.1) is 5.92 Å². The van der Waals surface area contributed by atoms with E-state index in [0.29, 0.717) is 19.0 Å². The number of benzene rings is 1. The smallest absolute Gasteiger partial charge is 0.228 e. The third kappa shape index (κ3) is 3.78. The lowest BCUT2D eigenvalue weighted by atomic mass is 10.1. The predicted octanol–water partition coefficient (Wildman–Crippen LogP) is 2.12. The van der Waals surface area contributed by atoms with Gasteiger partial charge in [0.1, 0.15) is 0 Å². The van der Waals surface area contributed by atoms with Crippen LogP contribution in [0.4, 0.5) is 0 Å². The summed E-state index contributed by atoms with van der Waals surface area (Å²) >= 11 is 0. The van der Waals surface area contributed by atoms with Crippen LogP contribution in [0.1, 0.15) is 37.7 Å². The molecule has 0 N–H and O–H groups in total. The first-order valence-corrected chi connectivity index (χ1v) is 10.1. The van der Waals surface area contributed by atoms with Gasteiger partial charge in [-0.2, -0.15) is 0 Å². The molecule has 4 rings (SSSR count). The molecule has 0 bridgehead atoms. The Morgan fingerprint density at radius 1 is 1.00 bits per heavy atom. The largest absolute Gasteiger partial charge is 0.340 e. The molecule has 1 aromatic carbocycles. The molecule has 1 aromatic rings. The fourth-order valence-corrected chi connectivity index (χ4v) is 4.69. The van der Waals surface area contributed by atoms with Crippen molar-refractivity contribution in [2.45, 2.75) is 44.7 Å². The number of carbonyl (C=O) groups is 2. The number of piperazine rings is 1. The summed E-state index contributed by atoms with van der Waals surface area (Å²) in [4.78, 5) is 31.7. The number of rotatable bonds is 4. The number of nitrogens with zero attached hydrogens (tertiary/aromatic N) is 3. The van der Waals surface area contributed by atoms with Gasteiger partial charge in [-0.15, -0.1) is 0 Å². The van der Waals surface area contributed by atoms with Crippen LogP contribution in [0.3, 0.4) is 0 Å². The summed E-state index contributed by atoms with van der Waals surface area (Å²) < 4.78 is 0. The first-order chi connectivity index (χ1) is 12.7. The van der Waals surface area contributed by atoms with Gasteiger partial charge in [0, 0.05) is 51.7 Å². The molecule has 5 heteroatoms. The lowest BCUT2D eigenvalue weighted by Crippen LogP contribution is -2.50. The Hall–Kier alpha value is -1.88.